The van der Waals surface area contributed by atoms with Gasteiger partial charge in [0.1, 0.15) is 30.2 Å². The van der Waals surface area contributed by atoms with Gasteiger partial charge in [0.2, 0.25) is 29.5 Å². The second-order valence-electron chi connectivity index (χ2n) is 13.7. The van der Waals surface area contributed by atoms with Crippen LogP contribution in [0.15, 0.2) is 30.3 Å². The van der Waals surface area contributed by atoms with Gasteiger partial charge < -0.3 is 47.3 Å². The zero-order chi connectivity index (χ0) is 37.7. The van der Waals surface area contributed by atoms with E-state index >= 15 is 0 Å². The predicted molar refractivity (Wildman–Crippen MR) is 185 cm³/mol. The van der Waals surface area contributed by atoms with Crippen LogP contribution in [0.5, 0.6) is 0 Å². The lowest BCUT2D eigenvalue weighted by Gasteiger charge is -2.33. The summed E-state index contributed by atoms with van der Waals surface area (Å²) in [6, 6.07) is 3.18. The second-order valence-corrected chi connectivity index (χ2v) is 13.7. The number of ether oxygens (including phenoxy) is 1. The molecule has 1 aliphatic rings. The number of carbonyl (C=O) groups is 6. The Balaban J connectivity index is 2.21. The van der Waals surface area contributed by atoms with Gasteiger partial charge in [-0.25, -0.2) is 4.79 Å². The topological polar surface area (TPSA) is 238 Å². The number of rotatable bonds is 18. The van der Waals surface area contributed by atoms with Gasteiger partial charge in [0, 0.05) is 5.92 Å². The molecule has 0 heterocycles. The zero-order valence-electron chi connectivity index (χ0n) is 30.1. The molecule has 0 radical (unpaired) electrons. The highest BCUT2D eigenvalue weighted by atomic mass is 16.5. The maximum Gasteiger partial charge on any atom is 0.328 e. The summed E-state index contributed by atoms with van der Waals surface area (Å²) in [6.45, 7) is 9.36. The number of aliphatic hydroxyl groups excluding tert-OH is 2. The molecular formula is C35H56N6O9. The SMILES string of the molecule is COC(=O)C(NC(=O)[C@H](NC(=O)C1CCCC1C(O)C(Cc1ccccc1)NC(=O)[C@H](C)NC(=O)[C@H](C)NC(=O)[C@@H](N)CO)C(C)C)C(C)C. The number of hydrogen-bond donors (Lipinski definition) is 8. The molecule has 15 nitrogen and oxygen atoms in total. The Labute approximate surface area is 294 Å². The summed E-state index contributed by atoms with van der Waals surface area (Å²) in [5, 5.41) is 34.2. The Morgan fingerprint density at radius 3 is 1.88 bits per heavy atom. The van der Waals surface area contributed by atoms with E-state index in [2.05, 4.69) is 26.6 Å². The molecule has 0 saturated heterocycles. The molecular weight excluding hydrogens is 648 g/mol. The van der Waals surface area contributed by atoms with Gasteiger partial charge in [0.25, 0.3) is 0 Å². The summed E-state index contributed by atoms with van der Waals surface area (Å²) in [7, 11) is 1.24. The van der Waals surface area contributed by atoms with E-state index in [-0.39, 0.29) is 18.3 Å². The van der Waals surface area contributed by atoms with Gasteiger partial charge in [-0.3, -0.25) is 24.0 Å². The van der Waals surface area contributed by atoms with Crippen molar-refractivity contribution in [3.8, 4) is 0 Å². The maximum absolute atomic E-state index is 13.7. The minimum atomic E-state index is -1.20. The fourth-order valence-electron chi connectivity index (χ4n) is 5.99. The second kappa shape index (κ2) is 19.9. The van der Waals surface area contributed by atoms with E-state index in [1.807, 2.05) is 30.3 Å². The molecule has 1 saturated carbocycles. The van der Waals surface area contributed by atoms with E-state index in [1.165, 1.54) is 21.0 Å². The molecule has 1 aliphatic carbocycles. The van der Waals surface area contributed by atoms with Gasteiger partial charge >= 0.3 is 5.97 Å². The normalized spacial score (nSPS) is 20.0. The fourth-order valence-corrected chi connectivity index (χ4v) is 5.99. The third-order valence-electron chi connectivity index (χ3n) is 9.09. The molecule has 2 rings (SSSR count). The summed E-state index contributed by atoms with van der Waals surface area (Å²) in [5.74, 6) is -5.31. The molecule has 0 bridgehead atoms. The first-order chi connectivity index (χ1) is 23.5. The van der Waals surface area contributed by atoms with E-state index in [4.69, 9.17) is 15.6 Å². The zero-order valence-corrected chi connectivity index (χ0v) is 30.1. The highest BCUT2D eigenvalue weighted by Crippen LogP contribution is 2.36. The van der Waals surface area contributed by atoms with Gasteiger partial charge in [-0.15, -0.1) is 0 Å². The first kappa shape index (κ1) is 42.1. The van der Waals surface area contributed by atoms with Crippen molar-refractivity contribution in [3.63, 3.8) is 0 Å². The largest absolute Gasteiger partial charge is 0.467 e. The molecule has 9 atom stereocenters. The smallest absolute Gasteiger partial charge is 0.328 e. The van der Waals surface area contributed by atoms with Crippen molar-refractivity contribution in [1.82, 2.24) is 26.6 Å². The molecule has 1 aromatic rings. The monoisotopic (exact) mass is 704 g/mol. The number of hydrogen-bond acceptors (Lipinski definition) is 10. The molecule has 280 valence electrons. The fraction of sp³-hybridized carbons (Fsp3) is 0.657. The molecule has 15 heteroatoms. The highest BCUT2D eigenvalue weighted by Gasteiger charge is 2.42. The first-order valence-electron chi connectivity index (χ1n) is 17.2. The summed E-state index contributed by atoms with van der Waals surface area (Å²) in [5.41, 5.74) is 6.32. The van der Waals surface area contributed by atoms with Crippen molar-refractivity contribution in [2.24, 2.45) is 29.4 Å². The van der Waals surface area contributed by atoms with Crippen LogP contribution in [-0.2, 0) is 39.9 Å². The lowest BCUT2D eigenvalue weighted by atomic mass is 9.84. The van der Waals surface area contributed by atoms with Crippen molar-refractivity contribution in [2.45, 2.75) is 110 Å². The Bertz CT molecular complexity index is 1310. The minimum Gasteiger partial charge on any atom is -0.467 e. The van der Waals surface area contributed by atoms with Gasteiger partial charge in [0.05, 0.1) is 25.9 Å². The van der Waals surface area contributed by atoms with E-state index in [1.54, 1.807) is 27.7 Å². The maximum atomic E-state index is 13.7. The third kappa shape index (κ3) is 12.1. The van der Waals surface area contributed by atoms with Crippen LogP contribution in [0, 0.1) is 23.7 Å². The lowest BCUT2D eigenvalue weighted by Crippen LogP contribution is -2.58. The molecule has 0 aromatic heterocycles. The molecule has 5 amide bonds. The molecule has 0 aliphatic heterocycles. The number of amides is 5. The Morgan fingerprint density at radius 1 is 0.780 bits per heavy atom. The third-order valence-corrected chi connectivity index (χ3v) is 9.09. The van der Waals surface area contributed by atoms with Gasteiger partial charge in [0.15, 0.2) is 0 Å². The van der Waals surface area contributed by atoms with Gasteiger partial charge in [-0.1, -0.05) is 64.4 Å². The molecule has 0 spiro atoms. The van der Waals surface area contributed by atoms with E-state index in [0.29, 0.717) is 19.3 Å². The average molecular weight is 705 g/mol. The number of benzene rings is 1. The predicted octanol–water partition coefficient (Wildman–Crippen LogP) is -0.725. The van der Waals surface area contributed by atoms with Crippen LogP contribution in [0.3, 0.4) is 0 Å². The first-order valence-corrected chi connectivity index (χ1v) is 17.2. The lowest BCUT2D eigenvalue weighted by molar-refractivity contribution is -0.147. The van der Waals surface area contributed by atoms with Crippen LogP contribution in [0.2, 0.25) is 0 Å². The Hall–Kier alpha value is -4.08. The van der Waals surface area contributed by atoms with Crippen molar-refractivity contribution in [3.05, 3.63) is 35.9 Å². The van der Waals surface area contributed by atoms with Crippen molar-refractivity contribution in [2.75, 3.05) is 13.7 Å². The molecule has 9 N–H and O–H groups in total. The van der Waals surface area contributed by atoms with Crippen molar-refractivity contribution in [1.29, 1.82) is 0 Å². The average Bonchev–Trinajstić information content (AvgIpc) is 3.58. The van der Waals surface area contributed by atoms with Gasteiger partial charge in [-0.2, -0.15) is 0 Å². The van der Waals surface area contributed by atoms with E-state index in [0.717, 1.165) is 5.56 Å². The number of nitrogens with one attached hydrogen (secondary N) is 5. The number of methoxy groups -OCH3 is 1. The van der Waals surface area contributed by atoms with Crippen molar-refractivity contribution < 1.29 is 43.7 Å². The summed E-state index contributed by atoms with van der Waals surface area (Å²) in [4.78, 5) is 77.4. The Morgan fingerprint density at radius 2 is 1.34 bits per heavy atom. The number of carbonyl (C=O) groups excluding carboxylic acids is 6. The summed E-state index contributed by atoms with van der Waals surface area (Å²) in [6.07, 6.45) is 0.647. The molecule has 50 heavy (non-hydrogen) atoms. The van der Waals surface area contributed by atoms with Crippen LogP contribution in [0.25, 0.3) is 0 Å². The number of esters is 1. The van der Waals surface area contributed by atoms with Crippen LogP contribution in [-0.4, -0.2) is 102 Å². The number of nitrogens with two attached hydrogens (primary N) is 1. The van der Waals surface area contributed by atoms with Gasteiger partial charge in [-0.05, 0) is 56.4 Å². The van der Waals surface area contributed by atoms with E-state index in [9.17, 15) is 33.9 Å². The number of aliphatic hydroxyl groups is 2. The molecule has 5 unspecified atom stereocenters. The Kier molecular flexibility index (Phi) is 16.8. The van der Waals surface area contributed by atoms with Crippen LogP contribution in [0.4, 0.5) is 0 Å². The standard InChI is InChI=1S/C35H56N6O9/c1-18(2)27(34(48)41-28(19(3)4)35(49)50-7)40-32(46)24-15-11-14-23(24)29(43)26(16-22-12-9-8-10-13-22)39-31(45)21(6)37-30(44)20(5)38-33(47)25(36)17-42/h8-10,12-13,18-21,23-29,42-43H,11,14-17,36H2,1-7H3,(H,37,44)(H,38,47)(H,39,45)(H,40,46)(H,41,48)/t20-,21-,23?,24?,25-,26?,27+,28?,29?/m0/s1. The minimum absolute atomic E-state index is 0.228. The molecule has 1 fully saturated rings. The van der Waals surface area contributed by atoms with Crippen molar-refractivity contribution >= 4 is 35.5 Å². The molecule has 1 aromatic carbocycles. The summed E-state index contributed by atoms with van der Waals surface area (Å²) < 4.78 is 4.83. The summed E-state index contributed by atoms with van der Waals surface area (Å²) >= 11 is 0. The van der Waals surface area contributed by atoms with Crippen LogP contribution >= 0.6 is 0 Å². The van der Waals surface area contributed by atoms with E-state index < -0.39 is 96.3 Å². The highest BCUT2D eigenvalue weighted by molar-refractivity contribution is 5.93. The van der Waals surface area contributed by atoms with Crippen LogP contribution < -0.4 is 32.3 Å². The van der Waals surface area contributed by atoms with Crippen LogP contribution in [0.1, 0.15) is 66.4 Å². The quantitative estimate of drug-likeness (QED) is 0.0892.